The number of hydrogen-bond donors (Lipinski definition) is 0. The van der Waals surface area contributed by atoms with Crippen molar-refractivity contribution < 1.29 is 14.3 Å². The molecule has 3 heteroatoms. The minimum atomic E-state index is -0.393. The molecule has 72 valence electrons. The fourth-order valence-electron chi connectivity index (χ4n) is 1.98. The zero-order valence-electron chi connectivity index (χ0n) is 7.62. The van der Waals surface area contributed by atoms with Crippen LogP contribution in [-0.4, -0.2) is 12.3 Å². The maximum absolute atomic E-state index is 11.0. The lowest BCUT2D eigenvalue weighted by molar-refractivity contribution is -0.149. The molecule has 0 spiro atoms. The van der Waals surface area contributed by atoms with Crippen molar-refractivity contribution in [3.05, 3.63) is 12.3 Å². The van der Waals surface area contributed by atoms with E-state index in [0.29, 0.717) is 5.92 Å². The van der Waals surface area contributed by atoms with Crippen LogP contribution >= 0.6 is 0 Å². The minimum absolute atomic E-state index is 0.163. The molecule has 0 aromatic rings. The van der Waals surface area contributed by atoms with Gasteiger partial charge in [-0.15, -0.1) is 0 Å². The van der Waals surface area contributed by atoms with E-state index in [2.05, 4.69) is 6.58 Å². The summed E-state index contributed by atoms with van der Waals surface area (Å²) < 4.78 is 10.3. The number of hydrogen-bond acceptors (Lipinski definition) is 3. The van der Waals surface area contributed by atoms with Crippen molar-refractivity contribution in [1.82, 2.24) is 0 Å². The molecule has 3 nitrogen and oxygen atoms in total. The molecule has 1 aliphatic heterocycles. The van der Waals surface area contributed by atoms with Crippen molar-refractivity contribution in [2.75, 3.05) is 0 Å². The molecule has 0 N–H and O–H groups in total. The van der Waals surface area contributed by atoms with Crippen LogP contribution in [0.2, 0.25) is 0 Å². The molecule has 2 fully saturated rings. The standard InChI is InChI=1S/C10H14O3/c1-7-9(11)13-10(12-7)8-5-3-2-4-6-8/h8,10H,1-6H2. The van der Waals surface area contributed by atoms with E-state index >= 15 is 0 Å². The van der Waals surface area contributed by atoms with Crippen LogP contribution in [0.5, 0.6) is 0 Å². The Hall–Kier alpha value is -0.990. The van der Waals surface area contributed by atoms with Crippen LogP contribution < -0.4 is 0 Å². The van der Waals surface area contributed by atoms with E-state index in [-0.39, 0.29) is 12.0 Å². The third-order valence-corrected chi connectivity index (χ3v) is 2.74. The highest BCUT2D eigenvalue weighted by Crippen LogP contribution is 2.32. The van der Waals surface area contributed by atoms with Crippen LogP contribution in [-0.2, 0) is 14.3 Å². The zero-order chi connectivity index (χ0) is 9.26. The van der Waals surface area contributed by atoms with E-state index in [1.165, 1.54) is 19.3 Å². The van der Waals surface area contributed by atoms with Crippen molar-refractivity contribution in [3.63, 3.8) is 0 Å². The van der Waals surface area contributed by atoms with Gasteiger partial charge in [-0.05, 0) is 19.4 Å². The summed E-state index contributed by atoms with van der Waals surface area (Å²) >= 11 is 0. The van der Waals surface area contributed by atoms with Crippen LogP contribution in [0.25, 0.3) is 0 Å². The molecule has 1 aliphatic carbocycles. The quantitative estimate of drug-likeness (QED) is 0.459. The fraction of sp³-hybridized carbons (Fsp3) is 0.700. The zero-order valence-corrected chi connectivity index (χ0v) is 7.62. The molecule has 1 saturated heterocycles. The van der Waals surface area contributed by atoms with E-state index in [1.807, 2.05) is 0 Å². The van der Waals surface area contributed by atoms with E-state index < -0.39 is 5.97 Å². The average molecular weight is 182 g/mol. The lowest BCUT2D eigenvalue weighted by Crippen LogP contribution is -2.23. The second-order valence-corrected chi connectivity index (χ2v) is 3.71. The van der Waals surface area contributed by atoms with Gasteiger partial charge in [-0.2, -0.15) is 0 Å². The van der Waals surface area contributed by atoms with Gasteiger partial charge in [0.15, 0.2) is 0 Å². The van der Waals surface area contributed by atoms with Gasteiger partial charge in [0.2, 0.25) is 12.0 Å². The highest BCUT2D eigenvalue weighted by Gasteiger charge is 2.35. The smallest absolute Gasteiger partial charge is 0.376 e. The first-order valence-electron chi connectivity index (χ1n) is 4.84. The van der Waals surface area contributed by atoms with Crippen LogP contribution in [0.3, 0.4) is 0 Å². The van der Waals surface area contributed by atoms with E-state index in [0.717, 1.165) is 12.8 Å². The number of carbonyl (C=O) groups excluding carboxylic acids is 1. The van der Waals surface area contributed by atoms with Gasteiger partial charge >= 0.3 is 5.97 Å². The fourth-order valence-corrected chi connectivity index (χ4v) is 1.98. The third-order valence-electron chi connectivity index (χ3n) is 2.74. The molecular weight excluding hydrogens is 168 g/mol. The summed E-state index contributed by atoms with van der Waals surface area (Å²) in [6, 6.07) is 0. The van der Waals surface area contributed by atoms with Crippen molar-refractivity contribution in [2.24, 2.45) is 5.92 Å². The van der Waals surface area contributed by atoms with Crippen molar-refractivity contribution in [2.45, 2.75) is 38.4 Å². The summed E-state index contributed by atoms with van der Waals surface area (Å²) in [6.07, 6.45) is 5.58. The molecule has 0 amide bonds. The Morgan fingerprint density at radius 3 is 2.38 bits per heavy atom. The average Bonchev–Trinajstić information content (AvgIpc) is 2.49. The van der Waals surface area contributed by atoms with Gasteiger partial charge in [-0.3, -0.25) is 0 Å². The number of carbonyl (C=O) groups is 1. The van der Waals surface area contributed by atoms with Gasteiger partial charge in [0, 0.05) is 5.92 Å². The number of cyclic esters (lactones) is 1. The summed E-state index contributed by atoms with van der Waals surface area (Å²) in [5.74, 6) is 0.156. The summed E-state index contributed by atoms with van der Waals surface area (Å²) in [7, 11) is 0. The van der Waals surface area contributed by atoms with Gasteiger partial charge in [-0.25, -0.2) is 4.79 Å². The lowest BCUT2D eigenvalue weighted by atomic mass is 9.89. The van der Waals surface area contributed by atoms with Crippen molar-refractivity contribution in [1.29, 1.82) is 0 Å². The second-order valence-electron chi connectivity index (χ2n) is 3.71. The Labute approximate surface area is 77.7 Å². The highest BCUT2D eigenvalue weighted by molar-refractivity contribution is 5.87. The molecule has 2 rings (SSSR count). The molecule has 0 radical (unpaired) electrons. The first kappa shape index (κ1) is 8.60. The molecule has 1 unspecified atom stereocenters. The minimum Gasteiger partial charge on any atom is -0.447 e. The van der Waals surface area contributed by atoms with Crippen LogP contribution in [0.4, 0.5) is 0 Å². The maximum atomic E-state index is 11.0. The van der Waals surface area contributed by atoms with E-state index in [1.54, 1.807) is 0 Å². The highest BCUT2D eigenvalue weighted by atomic mass is 16.7. The molecular formula is C10H14O3. The predicted octanol–water partition coefficient (Wildman–Crippen LogP) is 1.98. The van der Waals surface area contributed by atoms with Crippen molar-refractivity contribution >= 4 is 5.97 Å². The van der Waals surface area contributed by atoms with Gasteiger partial charge < -0.3 is 9.47 Å². The first-order chi connectivity index (χ1) is 6.27. The van der Waals surface area contributed by atoms with Gasteiger partial charge in [0.05, 0.1) is 0 Å². The van der Waals surface area contributed by atoms with Gasteiger partial charge in [0.1, 0.15) is 0 Å². The Bertz CT molecular complexity index is 212. The normalized spacial score (nSPS) is 30.0. The molecule has 0 aromatic carbocycles. The predicted molar refractivity (Wildman–Crippen MR) is 46.7 cm³/mol. The molecule has 0 bridgehead atoms. The summed E-state index contributed by atoms with van der Waals surface area (Å²) in [6.45, 7) is 3.48. The Balaban J connectivity index is 1.94. The molecule has 0 aromatic heterocycles. The van der Waals surface area contributed by atoms with E-state index in [9.17, 15) is 4.79 Å². The van der Waals surface area contributed by atoms with Gasteiger partial charge in [0.25, 0.3) is 0 Å². The van der Waals surface area contributed by atoms with Crippen LogP contribution in [0.1, 0.15) is 32.1 Å². The number of esters is 1. The Morgan fingerprint density at radius 1 is 1.15 bits per heavy atom. The first-order valence-corrected chi connectivity index (χ1v) is 4.84. The lowest BCUT2D eigenvalue weighted by Gasteiger charge is -2.24. The largest absolute Gasteiger partial charge is 0.447 e. The molecule has 1 saturated carbocycles. The van der Waals surface area contributed by atoms with Crippen molar-refractivity contribution in [3.8, 4) is 0 Å². The van der Waals surface area contributed by atoms with Crippen LogP contribution in [0, 0.1) is 5.92 Å². The third kappa shape index (κ3) is 1.69. The number of ether oxygens (including phenoxy) is 2. The molecule has 1 heterocycles. The Morgan fingerprint density at radius 2 is 1.85 bits per heavy atom. The number of rotatable bonds is 1. The summed E-state index contributed by atoms with van der Waals surface area (Å²) in [5.41, 5.74) is 0. The van der Waals surface area contributed by atoms with Gasteiger partial charge in [-0.1, -0.05) is 19.3 Å². The maximum Gasteiger partial charge on any atom is 0.376 e. The monoisotopic (exact) mass is 182 g/mol. The Kier molecular flexibility index (Phi) is 2.25. The molecule has 1 atom stereocenters. The molecule has 13 heavy (non-hydrogen) atoms. The second kappa shape index (κ2) is 3.40. The topological polar surface area (TPSA) is 35.5 Å². The SMILES string of the molecule is C=C1OC(C2CCCCC2)OC1=O. The van der Waals surface area contributed by atoms with E-state index in [4.69, 9.17) is 9.47 Å². The summed E-state index contributed by atoms with van der Waals surface area (Å²) in [4.78, 5) is 11.0. The van der Waals surface area contributed by atoms with Crippen LogP contribution in [0.15, 0.2) is 12.3 Å². The summed E-state index contributed by atoms with van der Waals surface area (Å²) in [5, 5.41) is 0. The molecule has 2 aliphatic rings.